The summed E-state index contributed by atoms with van der Waals surface area (Å²) in [5.41, 5.74) is 0.740. The average Bonchev–Trinajstić information content (AvgIpc) is 2.62. The highest BCUT2D eigenvalue weighted by molar-refractivity contribution is 7.92. The third-order valence-electron chi connectivity index (χ3n) is 3.92. The molecule has 1 atom stereocenters. The van der Waals surface area contributed by atoms with E-state index in [1.807, 2.05) is 13.8 Å². The van der Waals surface area contributed by atoms with Crippen molar-refractivity contribution in [3.05, 3.63) is 54.1 Å². The van der Waals surface area contributed by atoms with Gasteiger partial charge in [0, 0.05) is 17.3 Å². The molecule has 0 aliphatic heterocycles. The maximum absolute atomic E-state index is 12.6. The van der Waals surface area contributed by atoms with Gasteiger partial charge in [0.1, 0.15) is 5.75 Å². The Bertz CT molecular complexity index is 864. The molecule has 0 aliphatic carbocycles. The minimum atomic E-state index is -3.76. The molecule has 0 aromatic heterocycles. The normalized spacial score (nSPS) is 12.3. The molecular formula is C20H26N2O4S. The monoisotopic (exact) mass is 390 g/mol. The largest absolute Gasteiger partial charge is 0.494 e. The molecule has 0 bridgehead atoms. The number of sulfonamides is 1. The second-order valence-corrected chi connectivity index (χ2v) is 7.94. The van der Waals surface area contributed by atoms with Gasteiger partial charge in [-0.1, -0.05) is 19.4 Å². The second kappa shape index (κ2) is 9.41. The summed E-state index contributed by atoms with van der Waals surface area (Å²) < 4.78 is 33.0. The van der Waals surface area contributed by atoms with E-state index < -0.39 is 10.0 Å². The van der Waals surface area contributed by atoms with Gasteiger partial charge in [0.2, 0.25) is 0 Å². The van der Waals surface area contributed by atoms with Crippen molar-refractivity contribution in [2.45, 2.75) is 44.6 Å². The van der Waals surface area contributed by atoms with Gasteiger partial charge in [-0.25, -0.2) is 8.42 Å². The molecule has 0 heterocycles. The molecule has 0 saturated heterocycles. The lowest BCUT2D eigenvalue weighted by Crippen LogP contribution is -2.32. The van der Waals surface area contributed by atoms with Crippen LogP contribution >= 0.6 is 0 Å². The second-order valence-electron chi connectivity index (χ2n) is 6.25. The first-order valence-electron chi connectivity index (χ1n) is 9.02. The van der Waals surface area contributed by atoms with Gasteiger partial charge >= 0.3 is 0 Å². The predicted octanol–water partition coefficient (Wildman–Crippen LogP) is 3.80. The SMILES string of the molecule is CCC[C@@H](C)NC(=O)c1cccc(NS(=O)(=O)c2ccc(OCC)cc2)c1. The van der Waals surface area contributed by atoms with E-state index in [-0.39, 0.29) is 16.8 Å². The molecule has 0 radical (unpaired) electrons. The van der Waals surface area contributed by atoms with Crippen molar-refractivity contribution < 1.29 is 17.9 Å². The Labute approximate surface area is 161 Å². The molecule has 2 aromatic carbocycles. The van der Waals surface area contributed by atoms with Gasteiger partial charge in [0.15, 0.2) is 0 Å². The van der Waals surface area contributed by atoms with Gasteiger partial charge in [-0.15, -0.1) is 0 Å². The van der Waals surface area contributed by atoms with Gasteiger partial charge < -0.3 is 10.1 Å². The Hall–Kier alpha value is -2.54. The number of rotatable bonds is 9. The lowest BCUT2D eigenvalue weighted by molar-refractivity contribution is 0.0938. The third kappa shape index (κ3) is 5.99. The van der Waals surface area contributed by atoms with Crippen LogP contribution < -0.4 is 14.8 Å². The number of carbonyl (C=O) groups excluding carboxylic acids is 1. The number of ether oxygens (including phenoxy) is 1. The van der Waals surface area contributed by atoms with Crippen LogP contribution in [-0.2, 0) is 10.0 Å². The maximum atomic E-state index is 12.6. The zero-order valence-electron chi connectivity index (χ0n) is 15.9. The molecule has 0 fully saturated rings. The van der Waals surface area contributed by atoms with Gasteiger partial charge in [-0.3, -0.25) is 9.52 Å². The summed E-state index contributed by atoms with van der Waals surface area (Å²) in [5.74, 6) is 0.384. The standard InChI is InChI=1S/C20H26N2O4S/c1-4-7-15(3)21-20(23)16-8-6-9-17(14-16)22-27(24,25)19-12-10-18(11-13-19)26-5-2/h6,8-15,22H,4-5,7H2,1-3H3,(H,21,23)/t15-/m1/s1. The fraction of sp³-hybridized carbons (Fsp3) is 0.350. The summed E-state index contributed by atoms with van der Waals surface area (Å²) in [6, 6.07) is 12.7. The van der Waals surface area contributed by atoms with Crippen LogP contribution in [0.15, 0.2) is 53.4 Å². The van der Waals surface area contributed by atoms with E-state index in [1.54, 1.807) is 30.3 Å². The fourth-order valence-corrected chi connectivity index (χ4v) is 3.68. The highest BCUT2D eigenvalue weighted by Crippen LogP contribution is 2.20. The fourth-order valence-electron chi connectivity index (χ4n) is 2.63. The van der Waals surface area contributed by atoms with Crippen molar-refractivity contribution in [1.29, 1.82) is 0 Å². The molecule has 0 unspecified atom stereocenters. The van der Waals surface area contributed by atoms with Gasteiger partial charge in [-0.05, 0) is 62.7 Å². The quantitative estimate of drug-likeness (QED) is 0.682. The van der Waals surface area contributed by atoms with E-state index in [9.17, 15) is 13.2 Å². The first-order valence-corrected chi connectivity index (χ1v) is 10.5. The number of nitrogens with one attached hydrogen (secondary N) is 2. The summed E-state index contributed by atoms with van der Waals surface area (Å²) in [7, 11) is -3.76. The van der Waals surface area contributed by atoms with Crippen LogP contribution in [0, 0.1) is 0 Å². The van der Waals surface area contributed by atoms with Gasteiger partial charge in [-0.2, -0.15) is 0 Å². The topological polar surface area (TPSA) is 84.5 Å². The van der Waals surface area contributed by atoms with Crippen LogP contribution in [0.2, 0.25) is 0 Å². The van der Waals surface area contributed by atoms with Crippen LogP contribution in [0.25, 0.3) is 0 Å². The highest BCUT2D eigenvalue weighted by Gasteiger charge is 2.16. The summed E-state index contributed by atoms with van der Waals surface area (Å²) in [6.45, 7) is 6.37. The Balaban J connectivity index is 2.13. The molecule has 6 nitrogen and oxygen atoms in total. The lowest BCUT2D eigenvalue weighted by atomic mass is 10.1. The third-order valence-corrected chi connectivity index (χ3v) is 5.32. The maximum Gasteiger partial charge on any atom is 0.261 e. The minimum Gasteiger partial charge on any atom is -0.494 e. The summed E-state index contributed by atoms with van der Waals surface area (Å²) in [5, 5.41) is 2.91. The Morgan fingerprint density at radius 1 is 1.11 bits per heavy atom. The molecule has 2 N–H and O–H groups in total. The van der Waals surface area contributed by atoms with Crippen LogP contribution in [0.1, 0.15) is 44.0 Å². The number of hydrogen-bond donors (Lipinski definition) is 2. The Kier molecular flexibility index (Phi) is 7.24. The molecular weight excluding hydrogens is 364 g/mol. The molecule has 0 aliphatic rings. The summed E-state index contributed by atoms with van der Waals surface area (Å²) >= 11 is 0. The summed E-state index contributed by atoms with van der Waals surface area (Å²) in [6.07, 6.45) is 1.86. The van der Waals surface area contributed by atoms with Crippen molar-refractivity contribution >= 4 is 21.6 Å². The Morgan fingerprint density at radius 2 is 1.81 bits per heavy atom. The molecule has 1 amide bonds. The van der Waals surface area contributed by atoms with Crippen molar-refractivity contribution in [3.63, 3.8) is 0 Å². The molecule has 27 heavy (non-hydrogen) atoms. The molecule has 0 spiro atoms. The lowest BCUT2D eigenvalue weighted by Gasteiger charge is -2.14. The first kappa shape index (κ1) is 20.8. The van der Waals surface area contributed by atoms with E-state index in [1.165, 1.54) is 18.2 Å². The number of amides is 1. The molecule has 0 saturated carbocycles. The molecule has 146 valence electrons. The zero-order valence-corrected chi connectivity index (χ0v) is 16.7. The van der Waals surface area contributed by atoms with Crippen LogP contribution in [0.5, 0.6) is 5.75 Å². The number of benzene rings is 2. The van der Waals surface area contributed by atoms with Gasteiger partial charge in [0.25, 0.3) is 15.9 Å². The summed E-state index contributed by atoms with van der Waals surface area (Å²) in [4.78, 5) is 12.4. The molecule has 7 heteroatoms. The number of anilines is 1. The zero-order chi connectivity index (χ0) is 19.9. The van der Waals surface area contributed by atoms with Crippen LogP contribution in [0.4, 0.5) is 5.69 Å². The van der Waals surface area contributed by atoms with Gasteiger partial charge in [0.05, 0.1) is 11.5 Å². The van der Waals surface area contributed by atoms with E-state index in [0.717, 1.165) is 12.8 Å². The van der Waals surface area contributed by atoms with Crippen molar-refractivity contribution in [2.24, 2.45) is 0 Å². The Morgan fingerprint density at radius 3 is 2.44 bits per heavy atom. The predicted molar refractivity (Wildman–Crippen MR) is 107 cm³/mol. The van der Waals surface area contributed by atoms with Crippen molar-refractivity contribution in [3.8, 4) is 5.75 Å². The smallest absolute Gasteiger partial charge is 0.261 e. The van der Waals surface area contributed by atoms with Crippen LogP contribution in [0.3, 0.4) is 0 Å². The van der Waals surface area contributed by atoms with E-state index in [0.29, 0.717) is 23.6 Å². The highest BCUT2D eigenvalue weighted by atomic mass is 32.2. The van der Waals surface area contributed by atoms with E-state index in [4.69, 9.17) is 4.74 Å². The van der Waals surface area contributed by atoms with Crippen molar-refractivity contribution in [1.82, 2.24) is 5.32 Å². The number of carbonyl (C=O) groups is 1. The first-order chi connectivity index (χ1) is 12.9. The minimum absolute atomic E-state index is 0.0618. The van der Waals surface area contributed by atoms with E-state index in [2.05, 4.69) is 17.0 Å². The van der Waals surface area contributed by atoms with Crippen molar-refractivity contribution in [2.75, 3.05) is 11.3 Å². The van der Waals surface area contributed by atoms with Crippen LogP contribution in [-0.4, -0.2) is 27.0 Å². The molecule has 2 aromatic rings. The average molecular weight is 391 g/mol. The number of hydrogen-bond acceptors (Lipinski definition) is 4. The molecule has 2 rings (SSSR count). The van der Waals surface area contributed by atoms with E-state index >= 15 is 0 Å².